The van der Waals surface area contributed by atoms with Crippen LogP contribution in [-0.4, -0.2) is 119 Å². The molecule has 290 valence electrons. The number of rotatable bonds is 9. The Morgan fingerprint density at radius 1 is 1.04 bits per heavy atom. The molecule has 0 aliphatic carbocycles. The molecule has 2 unspecified atom stereocenters. The number of hydrogen-bond donors (Lipinski definition) is 2. The summed E-state index contributed by atoms with van der Waals surface area (Å²) in [6.45, 7) is 15.6. The lowest BCUT2D eigenvalue weighted by molar-refractivity contribution is -0.301. The molecule has 1 aromatic heterocycles. The van der Waals surface area contributed by atoms with Crippen molar-refractivity contribution in [2.75, 3.05) is 33.6 Å². The Labute approximate surface area is 309 Å². The summed E-state index contributed by atoms with van der Waals surface area (Å²) in [5, 5.41) is 23.3. The standard InChI is InChI=1S/C39H64N2O9S/c1-12-30-39(8)31(28(19-47-39)21-51-20-27-13-15-40-16-14-27)24(4)32(42)22(2)18-38(7,46-11)35(25(5)33(43)26(6)36(45)49-30)50-37-34(44)29(41(9)10)17-23(3)48-37/h13-16,22-26,28-31,33-35,37,43-44H,12,17-21H2,1-11H3/t22-,23-,24?,25+,26-,28?,29+,30-,31-,33+,34-,35-,37+,38-,39-/m1/s1. The number of thioether (sulfide) groups is 1. The molecule has 1 aromatic rings. The predicted octanol–water partition coefficient (Wildman–Crippen LogP) is 4.75. The van der Waals surface area contributed by atoms with E-state index in [1.54, 1.807) is 38.2 Å². The van der Waals surface area contributed by atoms with Crippen LogP contribution in [0.15, 0.2) is 24.5 Å². The zero-order valence-corrected chi connectivity index (χ0v) is 33.4. The van der Waals surface area contributed by atoms with Gasteiger partial charge in [0.2, 0.25) is 0 Å². The monoisotopic (exact) mass is 736 g/mol. The summed E-state index contributed by atoms with van der Waals surface area (Å²) in [7, 11) is 5.39. The van der Waals surface area contributed by atoms with Crippen molar-refractivity contribution in [1.29, 1.82) is 0 Å². The lowest BCUT2D eigenvalue weighted by Gasteiger charge is -2.48. The minimum atomic E-state index is -1.20. The van der Waals surface area contributed by atoms with Crippen molar-refractivity contribution in [3.63, 3.8) is 0 Å². The van der Waals surface area contributed by atoms with Crippen molar-refractivity contribution in [3.05, 3.63) is 30.1 Å². The molecule has 3 aliphatic rings. The molecule has 2 N–H and O–H groups in total. The molecule has 3 aliphatic heterocycles. The Hall–Kier alpha value is -1.64. The molecule has 0 spiro atoms. The zero-order chi connectivity index (χ0) is 37.8. The van der Waals surface area contributed by atoms with E-state index < -0.39 is 71.5 Å². The van der Waals surface area contributed by atoms with Crippen LogP contribution in [0.25, 0.3) is 0 Å². The Morgan fingerprint density at radius 3 is 2.31 bits per heavy atom. The first kappa shape index (κ1) is 42.1. The first-order valence-corrected chi connectivity index (χ1v) is 19.9. The van der Waals surface area contributed by atoms with Crippen molar-refractivity contribution >= 4 is 23.5 Å². The largest absolute Gasteiger partial charge is 0.459 e. The number of ether oxygens (including phenoxy) is 5. The first-order valence-electron chi connectivity index (χ1n) is 18.7. The number of methoxy groups -OCH3 is 1. The van der Waals surface area contributed by atoms with Gasteiger partial charge in [0.05, 0.1) is 36.4 Å². The molecular formula is C39H64N2O9S. The molecule has 0 saturated carbocycles. The van der Waals surface area contributed by atoms with E-state index in [4.69, 9.17) is 23.7 Å². The summed E-state index contributed by atoms with van der Waals surface area (Å²) < 4.78 is 32.0. The van der Waals surface area contributed by atoms with Gasteiger partial charge < -0.3 is 38.8 Å². The second kappa shape index (κ2) is 17.7. The van der Waals surface area contributed by atoms with Crippen LogP contribution in [0.4, 0.5) is 0 Å². The summed E-state index contributed by atoms with van der Waals surface area (Å²) in [5.41, 5.74) is -0.844. The Bertz CT molecular complexity index is 1290. The van der Waals surface area contributed by atoms with Crippen molar-refractivity contribution in [2.45, 2.75) is 134 Å². The number of Topliss-reactive ketones (excluding diaryl/α,β-unsaturated/α-hetero) is 1. The number of carbonyl (C=O) groups is 2. The van der Waals surface area contributed by atoms with Gasteiger partial charge in [-0.25, -0.2) is 0 Å². The normalized spacial score (nSPS) is 43.1. The SMILES string of the molecule is CC[C@H]1OC(=O)[C@H](C)[C@@H](O)[C@H](C)[C@@H](O[C@@H]2O[C@H](C)C[C@H](N(C)C)[C@H]2O)[C@](C)(OC)C[C@@H](C)C(=O)C(C)[C@@H]2C(CSCc3ccncc3)CO[C@@]21C. The number of carbonyl (C=O) groups excluding carboxylic acids is 2. The van der Waals surface area contributed by atoms with E-state index in [9.17, 15) is 19.8 Å². The number of hydrogen-bond acceptors (Lipinski definition) is 12. The van der Waals surface area contributed by atoms with Crippen LogP contribution in [0.1, 0.15) is 80.2 Å². The molecule has 15 atom stereocenters. The number of aromatic nitrogens is 1. The zero-order valence-electron chi connectivity index (χ0n) is 32.6. The summed E-state index contributed by atoms with van der Waals surface area (Å²) in [5.74, 6) is -1.55. The van der Waals surface area contributed by atoms with E-state index in [2.05, 4.69) is 4.98 Å². The van der Waals surface area contributed by atoms with Crippen LogP contribution in [0.2, 0.25) is 0 Å². The predicted molar refractivity (Wildman–Crippen MR) is 197 cm³/mol. The van der Waals surface area contributed by atoms with Crippen molar-refractivity contribution in [2.24, 2.45) is 35.5 Å². The van der Waals surface area contributed by atoms with E-state index in [-0.39, 0.29) is 36.2 Å². The molecule has 51 heavy (non-hydrogen) atoms. The lowest BCUT2D eigenvalue weighted by atomic mass is 9.67. The molecule has 0 radical (unpaired) electrons. The van der Waals surface area contributed by atoms with Gasteiger partial charge in [0.25, 0.3) is 0 Å². The third-order valence-corrected chi connectivity index (χ3v) is 13.3. The fraction of sp³-hybridized carbons (Fsp3) is 0.821. The van der Waals surface area contributed by atoms with E-state index in [1.807, 2.05) is 79.6 Å². The molecule has 12 heteroatoms. The van der Waals surface area contributed by atoms with Gasteiger partial charge in [0.15, 0.2) is 6.29 Å². The molecule has 4 heterocycles. The van der Waals surface area contributed by atoms with Gasteiger partial charge in [-0.15, -0.1) is 0 Å². The van der Waals surface area contributed by atoms with Crippen molar-refractivity contribution < 1.29 is 43.5 Å². The quantitative estimate of drug-likeness (QED) is 0.339. The highest BCUT2D eigenvalue weighted by atomic mass is 32.2. The molecular weight excluding hydrogens is 673 g/mol. The van der Waals surface area contributed by atoms with Gasteiger partial charge in [-0.1, -0.05) is 27.7 Å². The number of esters is 1. The molecule has 11 nitrogen and oxygen atoms in total. The lowest BCUT2D eigenvalue weighted by Crippen LogP contribution is -2.60. The Balaban J connectivity index is 1.71. The highest BCUT2D eigenvalue weighted by Gasteiger charge is 2.57. The molecule has 0 bridgehead atoms. The minimum Gasteiger partial charge on any atom is -0.459 e. The summed E-state index contributed by atoms with van der Waals surface area (Å²) in [6, 6.07) is 3.80. The number of aliphatic hydroxyl groups is 2. The maximum Gasteiger partial charge on any atom is 0.311 e. The van der Waals surface area contributed by atoms with Crippen LogP contribution in [-0.2, 0) is 39.0 Å². The topological polar surface area (TPSA) is 137 Å². The summed E-state index contributed by atoms with van der Waals surface area (Å²) in [6.07, 6.45) is 0.0834. The third-order valence-electron chi connectivity index (χ3n) is 12.1. The van der Waals surface area contributed by atoms with E-state index >= 15 is 0 Å². The number of nitrogens with zero attached hydrogens (tertiary/aromatic N) is 2. The van der Waals surface area contributed by atoms with Crippen LogP contribution in [0.5, 0.6) is 0 Å². The average molecular weight is 737 g/mol. The number of ketones is 1. The number of pyridine rings is 1. The van der Waals surface area contributed by atoms with Gasteiger partial charge in [0, 0.05) is 55.0 Å². The van der Waals surface area contributed by atoms with Gasteiger partial charge in [0.1, 0.15) is 23.6 Å². The number of likely N-dealkylation sites (N-methyl/N-ethyl adjacent to an activating group) is 1. The van der Waals surface area contributed by atoms with Crippen LogP contribution in [0, 0.1) is 35.5 Å². The van der Waals surface area contributed by atoms with Gasteiger partial charge in [-0.05, 0) is 90.4 Å². The fourth-order valence-corrected chi connectivity index (χ4v) is 10.2. The van der Waals surface area contributed by atoms with Gasteiger partial charge >= 0.3 is 5.97 Å². The third kappa shape index (κ3) is 9.19. The maximum absolute atomic E-state index is 14.6. The summed E-state index contributed by atoms with van der Waals surface area (Å²) >= 11 is 1.80. The number of aliphatic hydroxyl groups excluding tert-OH is 2. The molecule has 4 rings (SSSR count). The summed E-state index contributed by atoms with van der Waals surface area (Å²) in [4.78, 5) is 34.6. The fourth-order valence-electron chi connectivity index (χ4n) is 9.03. The Kier molecular flexibility index (Phi) is 14.6. The second-order valence-electron chi connectivity index (χ2n) is 16.1. The smallest absolute Gasteiger partial charge is 0.311 e. The highest BCUT2D eigenvalue weighted by Crippen LogP contribution is 2.48. The van der Waals surface area contributed by atoms with E-state index in [0.717, 1.165) is 11.5 Å². The first-order chi connectivity index (χ1) is 24.0. The minimum absolute atomic E-state index is 0.0399. The van der Waals surface area contributed by atoms with E-state index in [1.165, 1.54) is 5.56 Å². The van der Waals surface area contributed by atoms with Gasteiger partial charge in [-0.3, -0.25) is 14.6 Å². The van der Waals surface area contributed by atoms with E-state index in [0.29, 0.717) is 19.4 Å². The molecule has 3 saturated heterocycles. The molecule has 0 aromatic carbocycles. The molecule has 0 amide bonds. The van der Waals surface area contributed by atoms with Crippen LogP contribution < -0.4 is 0 Å². The van der Waals surface area contributed by atoms with Crippen LogP contribution in [0.3, 0.4) is 0 Å². The molecule has 3 fully saturated rings. The number of cyclic esters (lactones) is 1. The van der Waals surface area contributed by atoms with Crippen molar-refractivity contribution in [3.8, 4) is 0 Å². The number of fused-ring (bicyclic) bond motifs is 1. The average Bonchev–Trinajstić information content (AvgIpc) is 3.44. The van der Waals surface area contributed by atoms with Gasteiger partial charge in [-0.2, -0.15) is 11.8 Å². The Morgan fingerprint density at radius 2 is 1.71 bits per heavy atom. The maximum atomic E-state index is 14.6. The van der Waals surface area contributed by atoms with Crippen molar-refractivity contribution in [1.82, 2.24) is 9.88 Å². The van der Waals surface area contributed by atoms with Crippen LogP contribution >= 0.6 is 11.8 Å². The highest BCUT2D eigenvalue weighted by molar-refractivity contribution is 7.98. The second-order valence-corrected chi connectivity index (χ2v) is 17.1.